The van der Waals surface area contributed by atoms with Crippen LogP contribution in [0.4, 0.5) is 4.79 Å². The van der Waals surface area contributed by atoms with Crippen molar-refractivity contribution in [3.05, 3.63) is 101 Å². The van der Waals surface area contributed by atoms with E-state index in [1.165, 1.54) is 11.8 Å². The van der Waals surface area contributed by atoms with Crippen LogP contribution in [-0.2, 0) is 22.6 Å². The van der Waals surface area contributed by atoms with E-state index in [2.05, 4.69) is 21.7 Å². The molecule has 200 valence electrons. The number of rotatable bonds is 12. The molecule has 2 atom stereocenters. The van der Waals surface area contributed by atoms with Crippen LogP contribution in [0.2, 0.25) is 0 Å². The Morgan fingerprint density at radius 2 is 1.74 bits per heavy atom. The molecule has 2 amide bonds. The van der Waals surface area contributed by atoms with Crippen molar-refractivity contribution in [2.24, 2.45) is 0 Å². The van der Waals surface area contributed by atoms with Crippen molar-refractivity contribution in [2.75, 3.05) is 13.1 Å². The molecule has 0 aliphatic heterocycles. The topological polar surface area (TPSA) is 148 Å². The molecule has 4 N–H and O–H groups in total. The van der Waals surface area contributed by atoms with Gasteiger partial charge in [0.15, 0.2) is 11.2 Å². The molecule has 0 saturated heterocycles. The lowest BCUT2D eigenvalue weighted by Gasteiger charge is -2.26. The summed E-state index contributed by atoms with van der Waals surface area (Å²) in [5.74, 6) is -0.0415. The molecule has 39 heavy (non-hydrogen) atoms. The van der Waals surface area contributed by atoms with E-state index >= 15 is 0 Å². The van der Waals surface area contributed by atoms with E-state index in [1.54, 1.807) is 36.4 Å². The SMILES string of the molecule is N#Cc1ccccc1CSC(CNC(=O)O)C(=O)NCC(O)(CCc1ccccc1)c1nc2ccccc2o1. The summed E-state index contributed by atoms with van der Waals surface area (Å²) < 4.78 is 5.89. The third kappa shape index (κ3) is 7.37. The number of hydrogen-bond acceptors (Lipinski definition) is 7. The molecule has 4 rings (SSSR count). The van der Waals surface area contributed by atoms with E-state index in [4.69, 9.17) is 9.52 Å². The van der Waals surface area contributed by atoms with Crippen molar-refractivity contribution in [3.63, 3.8) is 0 Å². The molecular formula is C29H28N4O5S. The summed E-state index contributed by atoms with van der Waals surface area (Å²) in [6.07, 6.45) is -0.517. The average Bonchev–Trinajstić information content (AvgIpc) is 3.41. The number of carboxylic acid groups (broad SMARTS) is 1. The Labute approximate surface area is 229 Å². The van der Waals surface area contributed by atoms with Gasteiger partial charge in [-0.1, -0.05) is 60.7 Å². The van der Waals surface area contributed by atoms with Crippen molar-refractivity contribution >= 4 is 34.9 Å². The van der Waals surface area contributed by atoms with Crippen molar-refractivity contribution < 1.29 is 24.2 Å². The van der Waals surface area contributed by atoms with E-state index < -0.39 is 22.9 Å². The predicted molar refractivity (Wildman–Crippen MR) is 148 cm³/mol. The van der Waals surface area contributed by atoms with E-state index in [0.717, 1.165) is 11.1 Å². The van der Waals surface area contributed by atoms with Gasteiger partial charge < -0.3 is 25.3 Å². The minimum atomic E-state index is -1.62. The van der Waals surface area contributed by atoms with E-state index in [0.29, 0.717) is 28.8 Å². The normalized spacial score (nSPS) is 13.2. The Morgan fingerprint density at radius 3 is 2.49 bits per heavy atom. The summed E-state index contributed by atoms with van der Waals surface area (Å²) >= 11 is 1.21. The van der Waals surface area contributed by atoms with Gasteiger partial charge in [-0.15, -0.1) is 11.8 Å². The molecule has 9 nitrogen and oxygen atoms in total. The number of nitrogens with zero attached hydrogens (tertiary/aromatic N) is 2. The molecule has 0 spiro atoms. The molecule has 3 aromatic carbocycles. The number of hydrogen-bond donors (Lipinski definition) is 4. The first-order valence-electron chi connectivity index (χ1n) is 12.3. The molecule has 1 aromatic heterocycles. The zero-order chi connectivity index (χ0) is 27.7. The monoisotopic (exact) mass is 544 g/mol. The first-order valence-corrected chi connectivity index (χ1v) is 13.4. The van der Waals surface area contributed by atoms with Crippen LogP contribution in [-0.4, -0.2) is 45.5 Å². The standard InChI is InChI=1S/C29H28N4O5S/c30-16-21-10-4-5-11-22(21)18-39-25(17-31-28(35)36)26(34)32-19-29(37,15-14-20-8-2-1-3-9-20)27-33-23-12-6-7-13-24(23)38-27/h1-13,25,31,37H,14-15,17-19H2,(H,32,34)(H,35,36). The number of fused-ring (bicyclic) bond motifs is 1. The second kappa shape index (κ2) is 13.0. The van der Waals surface area contributed by atoms with Gasteiger partial charge >= 0.3 is 6.09 Å². The Morgan fingerprint density at radius 1 is 1.03 bits per heavy atom. The highest BCUT2D eigenvalue weighted by Gasteiger charge is 2.36. The summed E-state index contributed by atoms with van der Waals surface area (Å²) in [7, 11) is 0. The molecule has 0 bridgehead atoms. The Hall–Kier alpha value is -4.33. The number of nitriles is 1. The molecule has 2 unspecified atom stereocenters. The highest BCUT2D eigenvalue weighted by Crippen LogP contribution is 2.29. The maximum Gasteiger partial charge on any atom is 0.404 e. The zero-order valence-corrected chi connectivity index (χ0v) is 21.9. The second-order valence-electron chi connectivity index (χ2n) is 8.98. The zero-order valence-electron chi connectivity index (χ0n) is 21.0. The summed E-state index contributed by atoms with van der Waals surface area (Å²) in [6, 6.07) is 26.0. The van der Waals surface area contributed by atoms with Gasteiger partial charge in [-0.25, -0.2) is 9.78 Å². The van der Waals surface area contributed by atoms with Crippen LogP contribution in [0, 0.1) is 11.3 Å². The van der Waals surface area contributed by atoms with Gasteiger partial charge in [-0.05, 0) is 42.2 Å². The van der Waals surface area contributed by atoms with Crippen LogP contribution in [0.1, 0.15) is 29.0 Å². The largest absolute Gasteiger partial charge is 0.465 e. The van der Waals surface area contributed by atoms with E-state index in [-0.39, 0.29) is 25.4 Å². The number of thioether (sulfide) groups is 1. The number of carbonyl (C=O) groups is 2. The molecule has 4 aromatic rings. The van der Waals surface area contributed by atoms with Crippen LogP contribution in [0.15, 0.2) is 83.3 Å². The predicted octanol–water partition coefficient (Wildman–Crippen LogP) is 4.21. The van der Waals surface area contributed by atoms with Gasteiger partial charge in [0.25, 0.3) is 0 Å². The second-order valence-corrected chi connectivity index (χ2v) is 10.2. The fourth-order valence-electron chi connectivity index (χ4n) is 4.04. The highest BCUT2D eigenvalue weighted by molar-refractivity contribution is 7.99. The lowest BCUT2D eigenvalue weighted by atomic mass is 9.94. The molecule has 0 saturated carbocycles. The fraction of sp³-hybridized carbons (Fsp3) is 0.241. The minimum Gasteiger partial charge on any atom is -0.465 e. The molecule has 0 aliphatic carbocycles. The van der Waals surface area contributed by atoms with Gasteiger partial charge in [-0.2, -0.15) is 5.26 Å². The number of aliphatic hydroxyl groups is 1. The van der Waals surface area contributed by atoms with Crippen molar-refractivity contribution in [1.82, 2.24) is 15.6 Å². The first kappa shape index (κ1) is 27.7. The van der Waals surface area contributed by atoms with Crippen molar-refractivity contribution in [1.29, 1.82) is 5.26 Å². The highest BCUT2D eigenvalue weighted by atomic mass is 32.2. The van der Waals surface area contributed by atoms with Gasteiger partial charge in [0.05, 0.1) is 18.2 Å². The first-order chi connectivity index (χ1) is 18.9. The number of nitrogens with one attached hydrogen (secondary N) is 2. The van der Waals surface area contributed by atoms with Gasteiger partial charge in [-0.3, -0.25) is 4.79 Å². The summed E-state index contributed by atoms with van der Waals surface area (Å²) in [5, 5.41) is 34.5. The van der Waals surface area contributed by atoms with Crippen molar-refractivity contribution in [3.8, 4) is 6.07 Å². The average molecular weight is 545 g/mol. The molecule has 0 radical (unpaired) electrons. The molecule has 0 aliphatic rings. The number of aromatic nitrogens is 1. The number of benzene rings is 3. The lowest BCUT2D eigenvalue weighted by Crippen LogP contribution is -2.46. The quantitative estimate of drug-likeness (QED) is 0.207. The summed E-state index contributed by atoms with van der Waals surface area (Å²) in [5.41, 5.74) is 1.73. The van der Waals surface area contributed by atoms with Gasteiger partial charge in [0.2, 0.25) is 11.8 Å². The number of aryl methyl sites for hydroxylation is 1. The van der Waals surface area contributed by atoms with E-state index in [1.807, 2.05) is 42.5 Å². The Kier molecular flexibility index (Phi) is 9.20. The maximum atomic E-state index is 13.3. The fourth-order valence-corrected chi connectivity index (χ4v) is 5.11. The molecule has 1 heterocycles. The van der Waals surface area contributed by atoms with Crippen molar-refractivity contribution in [2.45, 2.75) is 29.4 Å². The Balaban J connectivity index is 1.51. The Bertz CT molecular complexity index is 1440. The smallest absolute Gasteiger partial charge is 0.404 e. The van der Waals surface area contributed by atoms with Crippen LogP contribution in [0.3, 0.4) is 0 Å². The lowest BCUT2D eigenvalue weighted by molar-refractivity contribution is -0.122. The third-order valence-electron chi connectivity index (χ3n) is 6.23. The van der Waals surface area contributed by atoms with Gasteiger partial charge in [0, 0.05) is 12.3 Å². The van der Waals surface area contributed by atoms with Gasteiger partial charge in [0.1, 0.15) is 10.8 Å². The number of carbonyl (C=O) groups excluding carboxylic acids is 1. The van der Waals surface area contributed by atoms with Crippen LogP contribution in [0.25, 0.3) is 11.1 Å². The summed E-state index contributed by atoms with van der Waals surface area (Å²) in [4.78, 5) is 28.9. The minimum absolute atomic E-state index is 0.0933. The molecule has 0 fully saturated rings. The van der Waals surface area contributed by atoms with Crippen LogP contribution in [0.5, 0.6) is 0 Å². The molecular weight excluding hydrogens is 516 g/mol. The third-order valence-corrected chi connectivity index (χ3v) is 7.49. The number of amides is 2. The molecule has 10 heteroatoms. The number of oxazole rings is 1. The number of para-hydroxylation sites is 2. The van der Waals surface area contributed by atoms with Crippen LogP contribution >= 0.6 is 11.8 Å². The summed E-state index contributed by atoms with van der Waals surface area (Å²) in [6.45, 7) is -0.337. The maximum absolute atomic E-state index is 13.3. The van der Waals surface area contributed by atoms with Crippen LogP contribution < -0.4 is 10.6 Å². The van der Waals surface area contributed by atoms with E-state index in [9.17, 15) is 20.0 Å².